The van der Waals surface area contributed by atoms with Crippen LogP contribution in [0.3, 0.4) is 0 Å². The van der Waals surface area contributed by atoms with Gasteiger partial charge in [0, 0.05) is 23.8 Å². The molecule has 0 aliphatic carbocycles. The number of nitrogens with zero attached hydrogens (tertiary/aromatic N) is 1. The largest absolute Gasteiger partial charge is 0.300 e. The van der Waals surface area contributed by atoms with Gasteiger partial charge in [-0.2, -0.15) is 12.7 Å². The molecule has 0 spiro atoms. The summed E-state index contributed by atoms with van der Waals surface area (Å²) in [6.45, 7) is 0.911. The van der Waals surface area contributed by atoms with Crippen molar-refractivity contribution in [1.29, 1.82) is 0 Å². The summed E-state index contributed by atoms with van der Waals surface area (Å²) in [5, 5.41) is 0. The van der Waals surface area contributed by atoms with Crippen LogP contribution < -0.4 is 0 Å². The zero-order chi connectivity index (χ0) is 7.61. The first-order valence-electron chi connectivity index (χ1n) is 2.95. The molecule has 58 valence electrons. The second-order valence-corrected chi connectivity index (χ2v) is 4.57. The lowest BCUT2D eigenvalue weighted by Gasteiger charge is -2.17. The summed E-state index contributed by atoms with van der Waals surface area (Å²) in [5.41, 5.74) is 0. The van der Waals surface area contributed by atoms with Gasteiger partial charge in [-0.15, -0.1) is 0 Å². The molecule has 1 heterocycles. The highest BCUT2D eigenvalue weighted by Gasteiger charge is 2.17. The Hall–Kier alpha value is -0.0600. The van der Waals surface area contributed by atoms with Crippen molar-refractivity contribution in [2.24, 2.45) is 0 Å². The Balaban J connectivity index is 2.67. The standard InChI is InChI=1S/C5H8ClNO2S/c6-10(8,9)7-4-2-1-3-5-7/h1-2H,3-5H2. The Morgan fingerprint density at radius 2 is 2.10 bits per heavy atom. The van der Waals surface area contributed by atoms with Crippen molar-refractivity contribution in [3.05, 3.63) is 12.2 Å². The fraction of sp³-hybridized carbons (Fsp3) is 0.600. The molecule has 3 nitrogen and oxygen atoms in total. The van der Waals surface area contributed by atoms with Crippen molar-refractivity contribution in [2.75, 3.05) is 13.1 Å². The highest BCUT2D eigenvalue weighted by atomic mass is 35.7. The van der Waals surface area contributed by atoms with Gasteiger partial charge in [-0.3, -0.25) is 0 Å². The Bertz CT molecular complexity index is 234. The minimum Gasteiger partial charge on any atom is -0.195 e. The van der Waals surface area contributed by atoms with Crippen LogP contribution in [0.15, 0.2) is 12.2 Å². The van der Waals surface area contributed by atoms with E-state index in [-0.39, 0.29) is 0 Å². The molecule has 5 heteroatoms. The second-order valence-electron chi connectivity index (χ2n) is 2.06. The summed E-state index contributed by atoms with van der Waals surface area (Å²) in [7, 11) is 1.60. The molecule has 1 rings (SSSR count). The van der Waals surface area contributed by atoms with Crippen molar-refractivity contribution in [3.8, 4) is 0 Å². The molecule has 0 N–H and O–H groups in total. The van der Waals surface area contributed by atoms with Gasteiger partial charge in [0.05, 0.1) is 0 Å². The molecule has 0 saturated carbocycles. The summed E-state index contributed by atoms with van der Waals surface area (Å²) in [4.78, 5) is 0. The highest BCUT2D eigenvalue weighted by Crippen LogP contribution is 2.10. The number of hydrogen-bond donors (Lipinski definition) is 0. The lowest BCUT2D eigenvalue weighted by atomic mass is 10.3. The van der Waals surface area contributed by atoms with Crippen LogP contribution in [0.5, 0.6) is 0 Å². The van der Waals surface area contributed by atoms with Gasteiger partial charge in [0.2, 0.25) is 0 Å². The Labute approximate surface area is 64.8 Å². The van der Waals surface area contributed by atoms with E-state index in [1.807, 2.05) is 6.08 Å². The van der Waals surface area contributed by atoms with Crippen molar-refractivity contribution in [1.82, 2.24) is 4.31 Å². The van der Waals surface area contributed by atoms with Crippen LogP contribution in [0, 0.1) is 0 Å². The summed E-state index contributed by atoms with van der Waals surface area (Å²) in [5.74, 6) is 0. The predicted octanol–water partition coefficient (Wildman–Crippen LogP) is 0.732. The molecule has 1 aliphatic rings. The number of rotatable bonds is 1. The zero-order valence-electron chi connectivity index (χ0n) is 5.33. The van der Waals surface area contributed by atoms with Gasteiger partial charge in [-0.25, -0.2) is 0 Å². The van der Waals surface area contributed by atoms with E-state index in [9.17, 15) is 8.42 Å². The van der Waals surface area contributed by atoms with Gasteiger partial charge in [-0.05, 0) is 6.42 Å². The Morgan fingerprint density at radius 3 is 2.40 bits per heavy atom. The number of hydrogen-bond acceptors (Lipinski definition) is 2. The first-order chi connectivity index (χ1) is 4.61. The molecule has 1 aliphatic heterocycles. The van der Waals surface area contributed by atoms with Gasteiger partial charge >= 0.3 is 0 Å². The summed E-state index contributed by atoms with van der Waals surface area (Å²) in [6.07, 6.45) is 4.49. The maximum atomic E-state index is 10.6. The molecule has 0 aromatic rings. The quantitative estimate of drug-likeness (QED) is 0.442. The molecule has 0 amide bonds. The van der Waals surface area contributed by atoms with Crippen molar-refractivity contribution >= 4 is 19.9 Å². The van der Waals surface area contributed by atoms with Gasteiger partial charge in [0.25, 0.3) is 9.24 Å². The van der Waals surface area contributed by atoms with E-state index < -0.39 is 9.24 Å². The lowest BCUT2D eigenvalue weighted by molar-refractivity contribution is 0.449. The zero-order valence-corrected chi connectivity index (χ0v) is 6.90. The van der Waals surface area contributed by atoms with Gasteiger partial charge in [0.1, 0.15) is 0 Å². The smallest absolute Gasteiger partial charge is 0.195 e. The molecular weight excluding hydrogens is 174 g/mol. The predicted molar refractivity (Wildman–Crippen MR) is 40.1 cm³/mol. The van der Waals surface area contributed by atoms with Crippen molar-refractivity contribution in [3.63, 3.8) is 0 Å². The van der Waals surface area contributed by atoms with E-state index in [4.69, 9.17) is 10.7 Å². The molecule has 0 radical (unpaired) electrons. The van der Waals surface area contributed by atoms with E-state index in [0.717, 1.165) is 6.42 Å². The fourth-order valence-electron chi connectivity index (χ4n) is 0.818. The van der Waals surface area contributed by atoms with Crippen LogP contribution in [-0.2, 0) is 9.24 Å². The van der Waals surface area contributed by atoms with Crippen LogP contribution in [0.1, 0.15) is 6.42 Å². The Kier molecular flexibility index (Phi) is 2.33. The van der Waals surface area contributed by atoms with Crippen LogP contribution in [-0.4, -0.2) is 25.8 Å². The molecule has 10 heavy (non-hydrogen) atoms. The average Bonchev–Trinajstić information content (AvgIpc) is 1.88. The minimum absolute atomic E-state index is 0.409. The lowest BCUT2D eigenvalue weighted by Crippen LogP contribution is -2.30. The molecule has 0 atom stereocenters. The molecule has 0 fully saturated rings. The third-order valence-corrected chi connectivity index (χ3v) is 2.86. The third kappa shape index (κ3) is 1.97. The summed E-state index contributed by atoms with van der Waals surface area (Å²) in [6, 6.07) is 0. The van der Waals surface area contributed by atoms with Gasteiger partial charge < -0.3 is 0 Å². The Morgan fingerprint density at radius 1 is 1.40 bits per heavy atom. The normalized spacial score (nSPS) is 21.3. The van der Waals surface area contributed by atoms with Crippen LogP contribution in [0.25, 0.3) is 0 Å². The number of halogens is 1. The average molecular weight is 182 g/mol. The molecule has 0 saturated heterocycles. The maximum absolute atomic E-state index is 10.6. The first kappa shape index (κ1) is 8.04. The van der Waals surface area contributed by atoms with Crippen LogP contribution in [0.2, 0.25) is 0 Å². The minimum atomic E-state index is -3.47. The van der Waals surface area contributed by atoms with E-state index in [1.165, 1.54) is 4.31 Å². The van der Waals surface area contributed by atoms with Crippen molar-refractivity contribution < 1.29 is 8.42 Å². The van der Waals surface area contributed by atoms with E-state index in [1.54, 1.807) is 6.08 Å². The van der Waals surface area contributed by atoms with E-state index in [0.29, 0.717) is 13.1 Å². The van der Waals surface area contributed by atoms with Crippen molar-refractivity contribution in [2.45, 2.75) is 6.42 Å². The maximum Gasteiger partial charge on any atom is 0.300 e. The van der Waals surface area contributed by atoms with Crippen LogP contribution in [0.4, 0.5) is 0 Å². The third-order valence-electron chi connectivity index (χ3n) is 1.33. The first-order valence-corrected chi connectivity index (χ1v) is 5.22. The van der Waals surface area contributed by atoms with E-state index >= 15 is 0 Å². The van der Waals surface area contributed by atoms with Gasteiger partial charge in [0.15, 0.2) is 0 Å². The molecule has 0 aromatic heterocycles. The van der Waals surface area contributed by atoms with E-state index in [2.05, 4.69) is 0 Å². The molecule has 0 bridgehead atoms. The van der Waals surface area contributed by atoms with Crippen LogP contribution >= 0.6 is 10.7 Å². The topological polar surface area (TPSA) is 37.4 Å². The monoisotopic (exact) mass is 181 g/mol. The summed E-state index contributed by atoms with van der Waals surface area (Å²) < 4.78 is 22.5. The SMILES string of the molecule is O=S(=O)(Cl)N1CC=CCC1. The fourth-order valence-corrected chi connectivity index (χ4v) is 1.78. The molecule has 0 unspecified atom stereocenters. The molecule has 0 aromatic carbocycles. The molecular formula is C5H8ClNO2S. The summed E-state index contributed by atoms with van der Waals surface area (Å²) >= 11 is 0. The highest BCUT2D eigenvalue weighted by molar-refractivity contribution is 8.11. The van der Waals surface area contributed by atoms with Gasteiger partial charge in [-0.1, -0.05) is 12.2 Å². The second kappa shape index (κ2) is 2.90.